The van der Waals surface area contributed by atoms with Crippen LogP contribution in [-0.4, -0.2) is 11.1 Å². The van der Waals surface area contributed by atoms with Gasteiger partial charge in [0.15, 0.2) is 0 Å². The number of benzene rings is 2. The molecule has 0 aliphatic rings. The Kier molecular flexibility index (Phi) is 7.60. The van der Waals surface area contributed by atoms with Gasteiger partial charge in [0, 0.05) is 21.7 Å². The predicted molar refractivity (Wildman–Crippen MR) is 69.9 cm³/mol. The maximum Gasteiger partial charge on any atom is 0.335 e. The molecular weight excluding hydrogens is 283 g/mol. The van der Waals surface area contributed by atoms with Crippen molar-refractivity contribution in [3.05, 3.63) is 71.3 Å². The van der Waals surface area contributed by atoms with E-state index in [1.165, 1.54) is 0 Å². The zero-order chi connectivity index (χ0) is 11.4. The van der Waals surface area contributed by atoms with Gasteiger partial charge in [-0.15, -0.1) is 12.4 Å². The van der Waals surface area contributed by atoms with Crippen LogP contribution in [0.5, 0.6) is 0 Å². The molecule has 0 heterocycles. The molecule has 0 atom stereocenters. The fraction of sp³-hybridized carbons (Fsp3) is 0.0714. The Morgan fingerprint density at radius 1 is 0.944 bits per heavy atom. The van der Waals surface area contributed by atoms with Gasteiger partial charge in [0.1, 0.15) is 0 Å². The average Bonchev–Trinajstić information content (AvgIpc) is 2.31. The summed E-state index contributed by atoms with van der Waals surface area (Å²) in [4.78, 5) is 11.0. The third-order valence-corrected chi connectivity index (χ3v) is 2.49. The summed E-state index contributed by atoms with van der Waals surface area (Å²) in [5.41, 5.74) is 2.35. The molecule has 92 valence electrons. The van der Waals surface area contributed by atoms with Crippen molar-refractivity contribution in [1.29, 1.82) is 0 Å². The zero-order valence-corrected chi connectivity index (χ0v) is 12.0. The standard InChI is InChI=1S/C14H12O2.ClH.Ti/c15-14(16)13-9-5-4-8-12(13)10-11-6-2-1-3-7-11;;/h1-9H,10H2,(H,15,16);1H;. The number of carboxylic acids is 1. The summed E-state index contributed by atoms with van der Waals surface area (Å²) >= 11 is 0. The molecule has 0 bridgehead atoms. The summed E-state index contributed by atoms with van der Waals surface area (Å²) in [5.74, 6) is -0.869. The van der Waals surface area contributed by atoms with Crippen molar-refractivity contribution < 1.29 is 31.6 Å². The van der Waals surface area contributed by atoms with E-state index in [4.69, 9.17) is 5.11 Å². The fourth-order valence-electron chi connectivity index (χ4n) is 1.70. The molecule has 2 aromatic rings. The summed E-state index contributed by atoms with van der Waals surface area (Å²) in [6.07, 6.45) is 0.656. The summed E-state index contributed by atoms with van der Waals surface area (Å²) in [7, 11) is 0. The second kappa shape index (κ2) is 8.09. The molecule has 0 saturated heterocycles. The molecule has 0 saturated carbocycles. The molecule has 0 spiro atoms. The van der Waals surface area contributed by atoms with E-state index < -0.39 is 5.97 Å². The largest absolute Gasteiger partial charge is 0.478 e. The van der Waals surface area contributed by atoms with Crippen LogP contribution in [0.25, 0.3) is 0 Å². The maximum absolute atomic E-state index is 11.0. The first-order chi connectivity index (χ1) is 7.77. The molecule has 0 aromatic heterocycles. The van der Waals surface area contributed by atoms with Crippen LogP contribution in [0.1, 0.15) is 21.5 Å². The van der Waals surface area contributed by atoms with Gasteiger partial charge in [-0.05, 0) is 23.6 Å². The van der Waals surface area contributed by atoms with E-state index in [1.54, 1.807) is 12.1 Å². The van der Waals surface area contributed by atoms with Crippen molar-refractivity contribution in [1.82, 2.24) is 0 Å². The molecule has 0 fully saturated rings. The van der Waals surface area contributed by atoms with E-state index in [-0.39, 0.29) is 34.1 Å². The Labute approximate surface area is 127 Å². The molecule has 2 nitrogen and oxygen atoms in total. The first-order valence-corrected chi connectivity index (χ1v) is 5.12. The van der Waals surface area contributed by atoms with E-state index in [0.29, 0.717) is 12.0 Å². The second-order valence-electron chi connectivity index (χ2n) is 3.62. The number of rotatable bonds is 3. The normalized spacial score (nSPS) is 8.89. The van der Waals surface area contributed by atoms with Crippen molar-refractivity contribution >= 4 is 18.4 Å². The van der Waals surface area contributed by atoms with Crippen molar-refractivity contribution in [2.75, 3.05) is 0 Å². The van der Waals surface area contributed by atoms with Crippen molar-refractivity contribution in [2.45, 2.75) is 6.42 Å². The van der Waals surface area contributed by atoms with Crippen molar-refractivity contribution in [2.24, 2.45) is 0 Å². The summed E-state index contributed by atoms with van der Waals surface area (Å²) in [6.45, 7) is 0. The number of carbonyl (C=O) groups is 1. The predicted octanol–water partition coefficient (Wildman–Crippen LogP) is 3.39. The van der Waals surface area contributed by atoms with Gasteiger partial charge >= 0.3 is 5.97 Å². The second-order valence-corrected chi connectivity index (χ2v) is 3.62. The molecule has 4 heteroatoms. The number of halogens is 1. The Hall–Kier alpha value is -1.09. The van der Waals surface area contributed by atoms with Crippen molar-refractivity contribution in [3.8, 4) is 0 Å². The van der Waals surface area contributed by atoms with Crippen LogP contribution < -0.4 is 0 Å². The molecule has 0 unspecified atom stereocenters. The van der Waals surface area contributed by atoms with Crippen molar-refractivity contribution in [3.63, 3.8) is 0 Å². The SMILES string of the molecule is Cl.O=C(O)c1ccccc1Cc1ccccc1.[Ti]. The maximum atomic E-state index is 11.0. The minimum atomic E-state index is -0.869. The van der Waals surface area contributed by atoms with Gasteiger partial charge in [0.05, 0.1) is 5.56 Å². The van der Waals surface area contributed by atoms with Crippen LogP contribution in [0, 0.1) is 0 Å². The van der Waals surface area contributed by atoms with E-state index in [9.17, 15) is 4.79 Å². The van der Waals surface area contributed by atoms with Gasteiger partial charge in [-0.1, -0.05) is 48.5 Å². The average molecular weight is 297 g/mol. The van der Waals surface area contributed by atoms with Gasteiger partial charge in [-0.2, -0.15) is 0 Å². The number of carboxylic acid groups (broad SMARTS) is 1. The van der Waals surface area contributed by atoms with E-state index in [0.717, 1.165) is 11.1 Å². The van der Waals surface area contributed by atoms with Crippen LogP contribution >= 0.6 is 12.4 Å². The van der Waals surface area contributed by atoms with Crippen LogP contribution in [0.2, 0.25) is 0 Å². The van der Waals surface area contributed by atoms with Crippen LogP contribution in [0.15, 0.2) is 54.6 Å². The minimum Gasteiger partial charge on any atom is -0.478 e. The summed E-state index contributed by atoms with van der Waals surface area (Å²) in [6, 6.07) is 17.0. The molecule has 0 amide bonds. The smallest absolute Gasteiger partial charge is 0.335 e. The molecule has 0 aliphatic heterocycles. The third-order valence-electron chi connectivity index (χ3n) is 2.49. The van der Waals surface area contributed by atoms with Gasteiger partial charge in [0.2, 0.25) is 0 Å². The zero-order valence-electron chi connectivity index (χ0n) is 9.67. The fourth-order valence-corrected chi connectivity index (χ4v) is 1.70. The Morgan fingerprint density at radius 2 is 1.50 bits per heavy atom. The minimum absolute atomic E-state index is 0. The molecule has 2 aromatic carbocycles. The number of aromatic carboxylic acids is 1. The molecule has 0 aliphatic carbocycles. The van der Waals surface area contributed by atoms with Crippen LogP contribution in [-0.2, 0) is 28.1 Å². The topological polar surface area (TPSA) is 37.3 Å². The Balaban J connectivity index is 0.00000144. The molecule has 18 heavy (non-hydrogen) atoms. The Bertz CT molecular complexity index is 500. The molecule has 0 radical (unpaired) electrons. The van der Waals surface area contributed by atoms with Crippen LogP contribution in [0.4, 0.5) is 0 Å². The molecular formula is C14H13ClO2Ti. The number of hydrogen-bond acceptors (Lipinski definition) is 1. The van der Waals surface area contributed by atoms with E-state index in [1.807, 2.05) is 42.5 Å². The van der Waals surface area contributed by atoms with Gasteiger partial charge in [0.25, 0.3) is 0 Å². The third kappa shape index (κ3) is 4.30. The van der Waals surface area contributed by atoms with Gasteiger partial charge in [-0.3, -0.25) is 0 Å². The van der Waals surface area contributed by atoms with Gasteiger partial charge in [-0.25, -0.2) is 4.79 Å². The monoisotopic (exact) mass is 296 g/mol. The van der Waals surface area contributed by atoms with E-state index >= 15 is 0 Å². The Morgan fingerprint density at radius 3 is 2.11 bits per heavy atom. The summed E-state index contributed by atoms with van der Waals surface area (Å²) < 4.78 is 0. The quantitative estimate of drug-likeness (QED) is 0.882. The molecule has 1 N–H and O–H groups in total. The van der Waals surface area contributed by atoms with Crippen LogP contribution in [0.3, 0.4) is 0 Å². The van der Waals surface area contributed by atoms with E-state index in [2.05, 4.69) is 0 Å². The summed E-state index contributed by atoms with van der Waals surface area (Å²) in [5, 5.41) is 9.04. The first-order valence-electron chi connectivity index (χ1n) is 5.12. The number of hydrogen-bond donors (Lipinski definition) is 1. The molecule has 2 rings (SSSR count). The first kappa shape index (κ1) is 16.9. The van der Waals surface area contributed by atoms with Gasteiger partial charge < -0.3 is 5.11 Å².